The van der Waals surface area contributed by atoms with Gasteiger partial charge in [-0.3, -0.25) is 9.59 Å². The van der Waals surface area contributed by atoms with Crippen LogP contribution in [0.3, 0.4) is 0 Å². The number of carbonyl (C=O) groups is 2. The zero-order valence-corrected chi connectivity index (χ0v) is 20.2. The average molecular weight is 456 g/mol. The van der Waals surface area contributed by atoms with E-state index in [1.54, 1.807) is 12.1 Å². The zero-order chi connectivity index (χ0) is 24.2. The van der Waals surface area contributed by atoms with Gasteiger partial charge in [0.05, 0.1) is 6.04 Å². The van der Waals surface area contributed by atoms with Crippen molar-refractivity contribution in [3.63, 3.8) is 0 Å². The van der Waals surface area contributed by atoms with Crippen LogP contribution in [-0.2, 0) is 16.0 Å². The molecule has 1 unspecified atom stereocenters. The fourth-order valence-electron chi connectivity index (χ4n) is 3.96. The molecule has 0 saturated heterocycles. The second-order valence-corrected chi connectivity index (χ2v) is 9.76. The van der Waals surface area contributed by atoms with Crippen molar-refractivity contribution in [1.29, 1.82) is 0 Å². The number of hydrogen-bond donors (Lipinski definition) is 1. The number of nitrogens with one attached hydrogen (secondary N) is 1. The number of ether oxygens (including phenoxy) is 1. The van der Waals surface area contributed by atoms with E-state index in [9.17, 15) is 14.0 Å². The summed E-state index contributed by atoms with van der Waals surface area (Å²) in [5.74, 6) is 0.0952. The van der Waals surface area contributed by atoms with E-state index in [4.69, 9.17) is 4.74 Å². The first-order valence-corrected chi connectivity index (χ1v) is 11.3. The highest BCUT2D eigenvalue weighted by Crippen LogP contribution is 2.39. The molecule has 1 heterocycles. The van der Waals surface area contributed by atoms with Gasteiger partial charge in [-0.15, -0.1) is 0 Å². The number of fused-ring (bicyclic) bond motifs is 1. The first kappa shape index (κ1) is 24.7. The molecule has 7 heteroatoms. The van der Waals surface area contributed by atoms with Crippen LogP contribution < -0.4 is 10.1 Å². The fourth-order valence-corrected chi connectivity index (χ4v) is 3.96. The number of carbonyl (C=O) groups excluding carboxylic acids is 2. The quantitative estimate of drug-likeness (QED) is 0.695. The zero-order valence-electron chi connectivity index (χ0n) is 20.2. The Morgan fingerprint density at radius 1 is 1.15 bits per heavy atom. The summed E-state index contributed by atoms with van der Waals surface area (Å²) < 4.78 is 19.4. The maximum atomic E-state index is 13.6. The first-order valence-electron chi connectivity index (χ1n) is 11.3. The van der Waals surface area contributed by atoms with E-state index in [0.29, 0.717) is 18.8 Å². The van der Waals surface area contributed by atoms with E-state index < -0.39 is 5.41 Å². The highest BCUT2D eigenvalue weighted by atomic mass is 19.1. The van der Waals surface area contributed by atoms with Gasteiger partial charge in [0.25, 0.3) is 5.91 Å². The van der Waals surface area contributed by atoms with Gasteiger partial charge in [-0.1, -0.05) is 39.0 Å². The summed E-state index contributed by atoms with van der Waals surface area (Å²) in [6.45, 7) is 7.51. The Balaban J connectivity index is 1.86. The van der Waals surface area contributed by atoms with Crippen molar-refractivity contribution in [2.75, 3.05) is 40.3 Å². The normalized spacial score (nSPS) is 15.8. The van der Waals surface area contributed by atoms with Crippen LogP contribution >= 0.6 is 0 Å². The van der Waals surface area contributed by atoms with Gasteiger partial charge in [-0.2, -0.15) is 0 Å². The maximum Gasteiger partial charge on any atom is 0.257 e. The highest BCUT2D eigenvalue weighted by molar-refractivity contribution is 5.83. The smallest absolute Gasteiger partial charge is 0.257 e. The first-order chi connectivity index (χ1) is 15.6. The Morgan fingerprint density at radius 2 is 1.85 bits per heavy atom. The lowest BCUT2D eigenvalue weighted by atomic mass is 9.85. The average Bonchev–Trinajstić information content (AvgIpc) is 2.76. The maximum absolute atomic E-state index is 13.6. The van der Waals surface area contributed by atoms with E-state index >= 15 is 0 Å². The lowest BCUT2D eigenvalue weighted by Crippen LogP contribution is -2.45. The largest absolute Gasteiger partial charge is 0.484 e. The van der Waals surface area contributed by atoms with Crippen molar-refractivity contribution in [1.82, 2.24) is 15.1 Å². The van der Waals surface area contributed by atoms with E-state index in [1.807, 2.05) is 62.9 Å². The number of rotatable bonds is 7. The number of halogens is 1. The van der Waals surface area contributed by atoms with Crippen molar-refractivity contribution in [3.8, 4) is 5.75 Å². The lowest BCUT2D eigenvalue weighted by Gasteiger charge is -2.41. The second-order valence-electron chi connectivity index (χ2n) is 9.76. The van der Waals surface area contributed by atoms with Gasteiger partial charge >= 0.3 is 0 Å². The number of likely N-dealkylation sites (N-methyl/N-ethyl adjacent to an activating group) is 1. The van der Waals surface area contributed by atoms with Crippen LogP contribution in [0.2, 0.25) is 0 Å². The molecule has 3 rings (SSSR count). The minimum absolute atomic E-state index is 0.0362. The predicted octanol–water partition coefficient (Wildman–Crippen LogP) is 3.40. The lowest BCUT2D eigenvalue weighted by molar-refractivity contribution is -0.141. The summed E-state index contributed by atoms with van der Waals surface area (Å²) in [4.78, 5) is 29.3. The molecule has 6 nitrogen and oxygen atoms in total. The highest BCUT2D eigenvalue weighted by Gasteiger charge is 2.37. The molecule has 1 aliphatic heterocycles. The molecule has 0 aliphatic carbocycles. The van der Waals surface area contributed by atoms with Crippen molar-refractivity contribution in [3.05, 3.63) is 65.0 Å². The summed E-state index contributed by atoms with van der Waals surface area (Å²) in [5.41, 5.74) is 2.35. The van der Waals surface area contributed by atoms with Crippen LogP contribution in [0, 0.1) is 11.2 Å². The molecule has 0 aromatic heterocycles. The third kappa shape index (κ3) is 6.32. The van der Waals surface area contributed by atoms with E-state index in [1.165, 1.54) is 12.1 Å². The van der Waals surface area contributed by atoms with Gasteiger partial charge in [0.1, 0.15) is 11.6 Å². The molecule has 1 aliphatic rings. The van der Waals surface area contributed by atoms with Crippen LogP contribution in [-0.4, -0.2) is 62.0 Å². The topological polar surface area (TPSA) is 61.9 Å². The Hall–Kier alpha value is -2.93. The van der Waals surface area contributed by atoms with Crippen molar-refractivity contribution < 1.29 is 18.7 Å². The predicted molar refractivity (Wildman–Crippen MR) is 127 cm³/mol. The summed E-state index contributed by atoms with van der Waals surface area (Å²) in [6.07, 6.45) is 0.722. The van der Waals surface area contributed by atoms with Crippen LogP contribution in [0.5, 0.6) is 5.75 Å². The molecule has 0 fully saturated rings. The third-order valence-electron chi connectivity index (χ3n) is 5.68. The van der Waals surface area contributed by atoms with Crippen LogP contribution in [0.15, 0.2) is 42.5 Å². The number of amides is 2. The second kappa shape index (κ2) is 10.3. The molecule has 2 amide bonds. The summed E-state index contributed by atoms with van der Waals surface area (Å²) in [5, 5.41) is 2.83. The summed E-state index contributed by atoms with van der Waals surface area (Å²) >= 11 is 0. The van der Waals surface area contributed by atoms with Crippen molar-refractivity contribution in [2.45, 2.75) is 33.2 Å². The molecule has 2 aromatic rings. The molecule has 178 valence electrons. The Morgan fingerprint density at radius 3 is 2.48 bits per heavy atom. The van der Waals surface area contributed by atoms with Gasteiger partial charge in [-0.25, -0.2) is 4.39 Å². The Bertz CT molecular complexity index is 983. The minimum Gasteiger partial charge on any atom is -0.484 e. The molecule has 1 atom stereocenters. The molecule has 1 N–H and O–H groups in total. The molecule has 2 aromatic carbocycles. The van der Waals surface area contributed by atoms with Gasteiger partial charge in [0, 0.05) is 25.0 Å². The number of benzene rings is 2. The van der Waals surface area contributed by atoms with E-state index in [0.717, 1.165) is 29.7 Å². The van der Waals surface area contributed by atoms with Gasteiger partial charge in [0.2, 0.25) is 5.91 Å². The number of hydrogen-bond acceptors (Lipinski definition) is 4. The fraction of sp³-hybridized carbons (Fsp3) is 0.462. The SMILES string of the molecule is CN(C)CCNC(=O)COc1ccc2c(c1)C(c1ccc(F)cc1)N(C(=O)C(C)(C)C)CC2. The van der Waals surface area contributed by atoms with Gasteiger partial charge in [-0.05, 0) is 61.5 Å². The van der Waals surface area contributed by atoms with E-state index in [-0.39, 0.29) is 30.3 Å². The monoisotopic (exact) mass is 455 g/mol. The molecule has 33 heavy (non-hydrogen) atoms. The van der Waals surface area contributed by atoms with Crippen LogP contribution in [0.25, 0.3) is 0 Å². The van der Waals surface area contributed by atoms with Crippen LogP contribution in [0.4, 0.5) is 4.39 Å². The summed E-state index contributed by atoms with van der Waals surface area (Å²) in [7, 11) is 3.89. The van der Waals surface area contributed by atoms with E-state index in [2.05, 4.69) is 5.32 Å². The van der Waals surface area contributed by atoms with Gasteiger partial charge < -0.3 is 19.9 Å². The molecule has 0 spiro atoms. The van der Waals surface area contributed by atoms with Crippen molar-refractivity contribution >= 4 is 11.8 Å². The van der Waals surface area contributed by atoms with Gasteiger partial charge in [0.15, 0.2) is 6.61 Å². The Labute approximate surface area is 195 Å². The molecule has 0 saturated carbocycles. The Kier molecular flexibility index (Phi) is 7.74. The molecular formula is C26H34FN3O3. The summed E-state index contributed by atoms with van der Waals surface area (Å²) in [6, 6.07) is 11.7. The molecule has 0 bridgehead atoms. The molecule has 0 radical (unpaired) electrons. The molecular weight excluding hydrogens is 421 g/mol. The van der Waals surface area contributed by atoms with Crippen LogP contribution in [0.1, 0.15) is 43.5 Å². The van der Waals surface area contributed by atoms with Crippen molar-refractivity contribution in [2.24, 2.45) is 5.41 Å². The number of nitrogens with zero attached hydrogens (tertiary/aromatic N) is 2. The minimum atomic E-state index is -0.547. The third-order valence-corrected chi connectivity index (χ3v) is 5.68. The standard InChI is InChI=1S/C26H34FN3O3/c1-26(2,3)25(32)30-14-12-18-8-11-21(33-17-23(31)28-13-15-29(4)5)16-22(18)24(30)19-6-9-20(27)10-7-19/h6-11,16,24H,12-15,17H2,1-5H3,(H,28,31).